The lowest BCUT2D eigenvalue weighted by Crippen LogP contribution is -1.98. The number of aldehydes is 1. The van der Waals surface area contributed by atoms with Crippen molar-refractivity contribution in [3.8, 4) is 0 Å². The molecule has 0 fully saturated rings. The molecule has 0 radical (unpaired) electrons. The highest BCUT2D eigenvalue weighted by Crippen LogP contribution is 2.16. The van der Waals surface area contributed by atoms with E-state index in [9.17, 15) is 4.79 Å². The molecule has 0 atom stereocenters. The van der Waals surface area contributed by atoms with Gasteiger partial charge in [-0.3, -0.25) is 4.79 Å². The topological polar surface area (TPSA) is 42.0 Å². The molecule has 0 aliphatic heterocycles. The van der Waals surface area contributed by atoms with E-state index in [4.69, 9.17) is 0 Å². The van der Waals surface area contributed by atoms with Crippen molar-refractivity contribution < 1.29 is 4.79 Å². The Morgan fingerprint density at radius 2 is 2.20 bits per heavy atom. The highest BCUT2D eigenvalue weighted by molar-refractivity contribution is 5.87. The smallest absolute Gasteiger partial charge is 0.150 e. The summed E-state index contributed by atoms with van der Waals surface area (Å²) in [6.07, 6.45) is 0.845. The first-order valence-corrected chi connectivity index (χ1v) is 4.93. The first kappa shape index (κ1) is 9.65. The second-order valence-electron chi connectivity index (χ2n) is 3.30. The van der Waals surface area contributed by atoms with Crippen LogP contribution in [0.2, 0.25) is 0 Å². The third-order valence-electron chi connectivity index (χ3n) is 2.21. The monoisotopic (exact) mass is 200 g/mol. The average molecular weight is 200 g/mol. The number of aromatic nitrogens is 1. The molecule has 0 bridgehead atoms. The van der Waals surface area contributed by atoms with Crippen LogP contribution in [0, 0.1) is 0 Å². The van der Waals surface area contributed by atoms with Crippen LogP contribution >= 0.6 is 0 Å². The highest BCUT2D eigenvalue weighted by atomic mass is 16.1. The Balaban J connectivity index is 2.49. The fraction of sp³-hybridized carbons (Fsp3) is 0.167. The lowest BCUT2D eigenvalue weighted by molar-refractivity contribution is 0.112. The summed E-state index contributed by atoms with van der Waals surface area (Å²) in [6, 6.07) is 9.36. The number of benzene rings is 1. The zero-order valence-corrected chi connectivity index (χ0v) is 8.53. The lowest BCUT2D eigenvalue weighted by atomic mass is 10.1. The van der Waals surface area contributed by atoms with E-state index in [0.29, 0.717) is 5.56 Å². The number of carbonyl (C=O) groups excluding carboxylic acids is 1. The summed E-state index contributed by atoms with van der Waals surface area (Å²) >= 11 is 0. The van der Waals surface area contributed by atoms with Gasteiger partial charge in [0.25, 0.3) is 0 Å². The minimum atomic E-state index is 0.681. The van der Waals surface area contributed by atoms with Crippen molar-refractivity contribution >= 4 is 23.0 Å². The summed E-state index contributed by atoms with van der Waals surface area (Å²) in [7, 11) is 0. The predicted octanol–water partition coefficient (Wildman–Crippen LogP) is 2.48. The van der Waals surface area contributed by atoms with Gasteiger partial charge in [0.05, 0.1) is 5.52 Å². The van der Waals surface area contributed by atoms with Gasteiger partial charge in [-0.1, -0.05) is 0 Å². The number of nitrogens with zero attached hydrogens (tertiary/aromatic N) is 1. The second kappa shape index (κ2) is 4.09. The van der Waals surface area contributed by atoms with E-state index in [0.717, 1.165) is 29.6 Å². The van der Waals surface area contributed by atoms with Crippen molar-refractivity contribution in [3.63, 3.8) is 0 Å². The van der Waals surface area contributed by atoms with Crippen molar-refractivity contribution in [1.82, 2.24) is 4.98 Å². The molecule has 0 aliphatic carbocycles. The van der Waals surface area contributed by atoms with Crippen LogP contribution in [-0.4, -0.2) is 17.8 Å². The zero-order chi connectivity index (χ0) is 10.7. The molecule has 2 rings (SSSR count). The average Bonchev–Trinajstić information content (AvgIpc) is 2.29. The van der Waals surface area contributed by atoms with E-state index in [2.05, 4.69) is 10.3 Å². The van der Waals surface area contributed by atoms with Gasteiger partial charge in [0.2, 0.25) is 0 Å². The summed E-state index contributed by atoms with van der Waals surface area (Å²) in [6.45, 7) is 2.88. The maximum absolute atomic E-state index is 10.6. The summed E-state index contributed by atoms with van der Waals surface area (Å²) in [4.78, 5) is 15.0. The Bertz CT molecular complexity index is 494. The summed E-state index contributed by atoms with van der Waals surface area (Å²) < 4.78 is 0. The van der Waals surface area contributed by atoms with E-state index in [1.807, 2.05) is 31.2 Å². The summed E-state index contributed by atoms with van der Waals surface area (Å²) in [5.74, 6) is 0.865. The number of hydrogen-bond donors (Lipinski definition) is 1. The molecule has 3 nitrogen and oxygen atoms in total. The molecular weight excluding hydrogens is 188 g/mol. The number of rotatable bonds is 3. The van der Waals surface area contributed by atoms with Gasteiger partial charge in [-0.15, -0.1) is 0 Å². The maximum Gasteiger partial charge on any atom is 0.150 e. The Morgan fingerprint density at radius 1 is 1.33 bits per heavy atom. The van der Waals surface area contributed by atoms with E-state index in [-0.39, 0.29) is 0 Å². The van der Waals surface area contributed by atoms with Crippen molar-refractivity contribution in [1.29, 1.82) is 0 Å². The van der Waals surface area contributed by atoms with E-state index >= 15 is 0 Å². The SMILES string of the molecule is CCNc1ccc2cc(C=O)ccc2n1. The fourth-order valence-corrected chi connectivity index (χ4v) is 1.50. The lowest BCUT2D eigenvalue weighted by Gasteiger charge is -2.03. The molecule has 0 aliphatic rings. The number of nitrogens with one attached hydrogen (secondary N) is 1. The molecule has 1 aromatic heterocycles. The highest BCUT2D eigenvalue weighted by Gasteiger charge is 1.98. The van der Waals surface area contributed by atoms with Crippen LogP contribution in [0.5, 0.6) is 0 Å². The van der Waals surface area contributed by atoms with Gasteiger partial charge in [-0.25, -0.2) is 4.98 Å². The molecule has 76 valence electrons. The molecule has 0 saturated heterocycles. The zero-order valence-electron chi connectivity index (χ0n) is 8.53. The third-order valence-corrected chi connectivity index (χ3v) is 2.21. The van der Waals surface area contributed by atoms with Crippen molar-refractivity contribution in [2.24, 2.45) is 0 Å². The molecule has 3 heteroatoms. The van der Waals surface area contributed by atoms with Crippen LogP contribution in [-0.2, 0) is 0 Å². The standard InChI is InChI=1S/C12H12N2O/c1-2-13-12-6-4-10-7-9(8-15)3-5-11(10)14-12/h3-8H,2H2,1H3,(H,13,14). The largest absolute Gasteiger partial charge is 0.370 e. The molecule has 1 aromatic carbocycles. The number of pyridine rings is 1. The molecule has 1 heterocycles. The number of hydrogen-bond acceptors (Lipinski definition) is 3. The van der Waals surface area contributed by atoms with Gasteiger partial charge >= 0.3 is 0 Å². The number of anilines is 1. The summed E-state index contributed by atoms with van der Waals surface area (Å²) in [5, 5.41) is 4.13. The van der Waals surface area contributed by atoms with Crippen molar-refractivity contribution in [2.75, 3.05) is 11.9 Å². The quantitative estimate of drug-likeness (QED) is 0.774. The van der Waals surface area contributed by atoms with Crippen molar-refractivity contribution in [2.45, 2.75) is 6.92 Å². The predicted molar refractivity (Wildman–Crippen MR) is 61.3 cm³/mol. The maximum atomic E-state index is 10.6. The van der Waals surface area contributed by atoms with E-state index < -0.39 is 0 Å². The Hall–Kier alpha value is -1.90. The van der Waals surface area contributed by atoms with Crippen LogP contribution in [0.1, 0.15) is 17.3 Å². The Kier molecular flexibility index (Phi) is 2.63. The van der Waals surface area contributed by atoms with Crippen LogP contribution in [0.4, 0.5) is 5.82 Å². The summed E-state index contributed by atoms with van der Waals surface area (Å²) in [5.41, 5.74) is 1.58. The normalized spacial score (nSPS) is 10.2. The minimum absolute atomic E-state index is 0.681. The molecule has 0 saturated carbocycles. The number of carbonyl (C=O) groups is 1. The third kappa shape index (κ3) is 1.96. The number of fused-ring (bicyclic) bond motifs is 1. The molecule has 2 aromatic rings. The van der Waals surface area contributed by atoms with Gasteiger partial charge in [0.1, 0.15) is 12.1 Å². The molecular formula is C12H12N2O. The fourth-order valence-electron chi connectivity index (χ4n) is 1.50. The molecule has 0 amide bonds. The van der Waals surface area contributed by atoms with Crippen molar-refractivity contribution in [3.05, 3.63) is 35.9 Å². The van der Waals surface area contributed by atoms with Gasteiger partial charge in [0.15, 0.2) is 0 Å². The first-order chi connectivity index (χ1) is 7.33. The molecule has 0 spiro atoms. The minimum Gasteiger partial charge on any atom is -0.370 e. The van der Waals surface area contributed by atoms with Crippen LogP contribution in [0.25, 0.3) is 10.9 Å². The van der Waals surface area contributed by atoms with Crippen LogP contribution in [0.15, 0.2) is 30.3 Å². The van der Waals surface area contributed by atoms with Crippen LogP contribution in [0.3, 0.4) is 0 Å². The second-order valence-corrected chi connectivity index (χ2v) is 3.30. The Labute approximate surface area is 88.1 Å². The van der Waals surface area contributed by atoms with Gasteiger partial charge in [-0.2, -0.15) is 0 Å². The first-order valence-electron chi connectivity index (χ1n) is 4.93. The van der Waals surface area contributed by atoms with Gasteiger partial charge in [0, 0.05) is 17.5 Å². The van der Waals surface area contributed by atoms with E-state index in [1.165, 1.54) is 0 Å². The molecule has 0 unspecified atom stereocenters. The van der Waals surface area contributed by atoms with Gasteiger partial charge in [-0.05, 0) is 37.3 Å². The molecule has 15 heavy (non-hydrogen) atoms. The van der Waals surface area contributed by atoms with Gasteiger partial charge < -0.3 is 5.32 Å². The van der Waals surface area contributed by atoms with Crippen LogP contribution < -0.4 is 5.32 Å². The molecule has 1 N–H and O–H groups in total. The van der Waals surface area contributed by atoms with E-state index in [1.54, 1.807) is 6.07 Å². The Morgan fingerprint density at radius 3 is 2.93 bits per heavy atom.